The van der Waals surface area contributed by atoms with E-state index in [9.17, 15) is 0 Å². The Hall–Kier alpha value is 0.782. The van der Waals surface area contributed by atoms with Crippen LogP contribution in [0.2, 0.25) is 10.6 Å². The first-order valence-corrected chi connectivity index (χ1v) is 8.90. The molecule has 13 heavy (non-hydrogen) atoms. The van der Waals surface area contributed by atoms with E-state index in [1.165, 1.54) is 30.2 Å². The van der Waals surface area contributed by atoms with Gasteiger partial charge < -0.3 is 4.90 Å². The van der Waals surface area contributed by atoms with Gasteiger partial charge in [-0.15, -0.1) is 0 Å². The minimum Gasteiger partial charge on any atom is -0.304 e. The van der Waals surface area contributed by atoms with Crippen molar-refractivity contribution in [2.45, 2.75) is 45.2 Å². The zero-order valence-corrected chi connectivity index (χ0v) is 11.8. The van der Waals surface area contributed by atoms with E-state index in [1.807, 2.05) is 0 Å². The molecule has 0 aromatic carbocycles. The minimum atomic E-state index is -0.688. The van der Waals surface area contributed by atoms with Gasteiger partial charge in [-0.05, 0) is 19.6 Å². The zero-order chi connectivity index (χ0) is 10.7. The summed E-state index contributed by atoms with van der Waals surface area (Å²) < 4.78 is 0. The molecule has 0 aliphatic carbocycles. The van der Waals surface area contributed by atoms with Gasteiger partial charge in [0, 0.05) is 0 Å². The monoisotopic (exact) mass is 221 g/mol. The Kier molecular flexibility index (Phi) is 15.9. The molecule has 0 saturated heterocycles. The highest BCUT2D eigenvalue weighted by atomic mass is 35.6. The maximum atomic E-state index is 5.79. The fourth-order valence-electron chi connectivity index (χ4n) is 0.959. The Balaban J connectivity index is 0. The first-order chi connectivity index (χ1) is 6.15. The molecular weight excluding hydrogens is 197 g/mol. The van der Waals surface area contributed by atoms with E-state index in [0.717, 1.165) is 0 Å². The highest BCUT2D eigenvalue weighted by Crippen LogP contribution is 2.00. The normalized spacial score (nSPS) is 9.46. The minimum absolute atomic E-state index is 0.688. The summed E-state index contributed by atoms with van der Waals surface area (Å²) in [6.07, 6.45) is 0. The van der Waals surface area contributed by atoms with Crippen LogP contribution in [0.25, 0.3) is 0 Å². The summed E-state index contributed by atoms with van der Waals surface area (Å²) in [7, 11) is 5.79. The SMILES string of the molecule is CCN(CC)CC.C[CH2][Al]([Cl])[CH2]C. The van der Waals surface area contributed by atoms with Gasteiger partial charge in [0.2, 0.25) is 0 Å². The maximum absolute atomic E-state index is 5.79. The first-order valence-electron chi connectivity index (χ1n) is 5.52. The molecule has 0 unspecified atom stereocenters. The van der Waals surface area contributed by atoms with Crippen LogP contribution in [0, 0.1) is 0 Å². The Morgan fingerprint density at radius 3 is 1.15 bits per heavy atom. The van der Waals surface area contributed by atoms with Crippen molar-refractivity contribution in [3.63, 3.8) is 0 Å². The zero-order valence-electron chi connectivity index (χ0n) is 9.94. The predicted molar refractivity (Wildman–Crippen MR) is 66.0 cm³/mol. The lowest BCUT2D eigenvalue weighted by molar-refractivity contribution is 0.321. The van der Waals surface area contributed by atoms with Crippen LogP contribution in [0.4, 0.5) is 0 Å². The summed E-state index contributed by atoms with van der Waals surface area (Å²) in [5.41, 5.74) is 0. The molecule has 0 aliphatic heterocycles. The second-order valence-corrected chi connectivity index (χ2v) is 7.71. The van der Waals surface area contributed by atoms with Crippen molar-refractivity contribution < 1.29 is 0 Å². The molecule has 0 bridgehead atoms. The number of hydrogen-bond acceptors (Lipinski definition) is 1. The van der Waals surface area contributed by atoms with Crippen molar-refractivity contribution in [2.75, 3.05) is 19.6 Å². The van der Waals surface area contributed by atoms with Crippen LogP contribution in [0.3, 0.4) is 0 Å². The highest BCUT2D eigenvalue weighted by molar-refractivity contribution is 7.06. The van der Waals surface area contributed by atoms with Gasteiger partial charge in [-0.3, -0.25) is 10.0 Å². The Labute approximate surface area is 93.0 Å². The second-order valence-electron chi connectivity index (χ2n) is 3.03. The lowest BCUT2D eigenvalue weighted by atomic mass is 10.5. The largest absolute Gasteiger partial charge is 0.399 e. The number of nitrogens with zero attached hydrogens (tertiary/aromatic N) is 1. The molecule has 0 fully saturated rings. The van der Waals surface area contributed by atoms with Crippen molar-refractivity contribution in [2.24, 2.45) is 0 Å². The van der Waals surface area contributed by atoms with Crippen molar-refractivity contribution in [3.8, 4) is 0 Å². The third kappa shape index (κ3) is 12.8. The average molecular weight is 222 g/mol. The molecule has 0 rings (SSSR count). The molecule has 0 heterocycles. The summed E-state index contributed by atoms with van der Waals surface area (Å²) in [6.45, 7) is 14.4. The fraction of sp³-hybridized carbons (Fsp3) is 1.00. The third-order valence-corrected chi connectivity index (χ3v) is 5.85. The van der Waals surface area contributed by atoms with Crippen LogP contribution in [-0.4, -0.2) is 37.8 Å². The van der Waals surface area contributed by atoms with E-state index in [0.29, 0.717) is 0 Å². The summed E-state index contributed by atoms with van der Waals surface area (Å²) in [5.74, 6) is 0. The molecule has 0 spiro atoms. The number of rotatable bonds is 5. The van der Waals surface area contributed by atoms with Crippen LogP contribution in [0.15, 0.2) is 0 Å². The van der Waals surface area contributed by atoms with Crippen LogP contribution in [-0.2, 0) is 0 Å². The van der Waals surface area contributed by atoms with Crippen molar-refractivity contribution in [3.05, 3.63) is 0 Å². The molecule has 0 aromatic heterocycles. The quantitative estimate of drug-likeness (QED) is 0.642. The fourth-order valence-corrected chi connectivity index (χ4v) is 1.54. The van der Waals surface area contributed by atoms with Crippen molar-refractivity contribution >= 4 is 23.3 Å². The topological polar surface area (TPSA) is 3.24 Å². The summed E-state index contributed by atoms with van der Waals surface area (Å²) in [5, 5.41) is 2.47. The van der Waals surface area contributed by atoms with Gasteiger partial charge in [0.15, 0.2) is 0 Å². The first kappa shape index (κ1) is 16.2. The molecule has 0 N–H and O–H groups in total. The predicted octanol–water partition coefficient (Wildman–Crippen LogP) is 3.60. The van der Waals surface area contributed by atoms with Gasteiger partial charge in [-0.1, -0.05) is 45.2 Å². The Bertz CT molecular complexity index is 77.5. The van der Waals surface area contributed by atoms with Crippen LogP contribution in [0.5, 0.6) is 0 Å². The van der Waals surface area contributed by atoms with Gasteiger partial charge in [-0.2, -0.15) is 0 Å². The molecule has 3 heteroatoms. The number of hydrogen-bond donors (Lipinski definition) is 0. The van der Waals surface area contributed by atoms with Gasteiger partial charge in [0.25, 0.3) is 0 Å². The molecule has 0 aliphatic rings. The second kappa shape index (κ2) is 12.8. The molecule has 0 aromatic rings. The lowest BCUT2D eigenvalue weighted by Gasteiger charge is -2.13. The van der Waals surface area contributed by atoms with E-state index >= 15 is 0 Å². The van der Waals surface area contributed by atoms with Crippen LogP contribution < -0.4 is 0 Å². The molecule has 0 saturated carbocycles. The third-order valence-electron chi connectivity index (χ3n) is 2.23. The van der Waals surface area contributed by atoms with E-state index in [4.69, 9.17) is 10.0 Å². The van der Waals surface area contributed by atoms with Gasteiger partial charge in [0.05, 0.1) is 0 Å². The summed E-state index contributed by atoms with van der Waals surface area (Å²) >= 11 is -0.688. The Morgan fingerprint density at radius 2 is 1.15 bits per heavy atom. The summed E-state index contributed by atoms with van der Waals surface area (Å²) in [6, 6.07) is 0. The highest BCUT2D eigenvalue weighted by Gasteiger charge is 2.04. The van der Waals surface area contributed by atoms with Gasteiger partial charge in [-0.25, -0.2) is 0 Å². The van der Waals surface area contributed by atoms with Crippen LogP contribution >= 0.6 is 10.0 Å². The van der Waals surface area contributed by atoms with E-state index < -0.39 is 13.2 Å². The van der Waals surface area contributed by atoms with E-state index in [2.05, 4.69) is 39.5 Å². The summed E-state index contributed by atoms with van der Waals surface area (Å²) in [4.78, 5) is 2.38. The molecular formula is C10H25AlClN. The standard InChI is InChI=1S/C6H15N.2C2H5.Al.ClH/c1-4-7(5-2)6-3;2*1-2;;/h4-6H2,1-3H3;2*1H2,2H3;;1H/q;;;+1;/p-1. The average Bonchev–Trinajstić information content (AvgIpc) is 2.20. The Morgan fingerprint density at radius 1 is 0.846 bits per heavy atom. The van der Waals surface area contributed by atoms with E-state index in [-0.39, 0.29) is 0 Å². The van der Waals surface area contributed by atoms with Crippen molar-refractivity contribution in [1.82, 2.24) is 4.90 Å². The number of halogens is 1. The van der Waals surface area contributed by atoms with E-state index in [1.54, 1.807) is 0 Å². The van der Waals surface area contributed by atoms with Gasteiger partial charge in [0.1, 0.15) is 0 Å². The maximum Gasteiger partial charge on any atom is 0.399 e. The smallest absolute Gasteiger partial charge is 0.304 e. The molecule has 1 nitrogen and oxygen atoms in total. The molecule has 0 radical (unpaired) electrons. The molecule has 80 valence electrons. The van der Waals surface area contributed by atoms with Crippen molar-refractivity contribution in [1.29, 1.82) is 0 Å². The lowest BCUT2D eigenvalue weighted by Crippen LogP contribution is -2.21. The molecule has 0 atom stereocenters. The van der Waals surface area contributed by atoms with Gasteiger partial charge >= 0.3 is 13.2 Å². The van der Waals surface area contributed by atoms with Crippen LogP contribution in [0.1, 0.15) is 34.6 Å². The molecule has 0 amide bonds.